The van der Waals surface area contributed by atoms with Gasteiger partial charge in [0.1, 0.15) is 5.82 Å². The third kappa shape index (κ3) is 2.84. The molecule has 2 rings (SSSR count). The lowest BCUT2D eigenvalue weighted by Crippen LogP contribution is -2.11. The predicted molar refractivity (Wildman–Crippen MR) is 67.6 cm³/mol. The number of anilines is 2. The minimum atomic E-state index is -0.279. The zero-order chi connectivity index (χ0) is 13.0. The van der Waals surface area contributed by atoms with E-state index in [-0.39, 0.29) is 11.9 Å². The monoisotopic (exact) mass is 249 g/mol. The lowest BCUT2D eigenvalue weighted by molar-refractivity contribution is -0.118. The molecule has 96 valence electrons. The van der Waals surface area contributed by atoms with Gasteiger partial charge in [0.15, 0.2) is 5.65 Å². The molecule has 0 unspecified atom stereocenters. The van der Waals surface area contributed by atoms with Gasteiger partial charge >= 0.3 is 0 Å². The Kier molecular flexibility index (Phi) is 3.56. The Morgan fingerprint density at radius 2 is 2.22 bits per heavy atom. The molecule has 0 aromatic carbocycles. The molecule has 0 radical (unpaired) electrons. The van der Waals surface area contributed by atoms with Crippen LogP contribution in [0.1, 0.15) is 19.3 Å². The Balaban J connectivity index is 1.94. The first-order chi connectivity index (χ1) is 8.66. The summed E-state index contributed by atoms with van der Waals surface area (Å²) >= 11 is 0. The second kappa shape index (κ2) is 5.30. The van der Waals surface area contributed by atoms with Crippen molar-refractivity contribution in [2.75, 3.05) is 17.6 Å². The van der Waals surface area contributed by atoms with Gasteiger partial charge in [-0.05, 0) is 12.8 Å². The fourth-order valence-electron chi connectivity index (χ4n) is 1.62. The molecule has 0 aliphatic carbocycles. The maximum absolute atomic E-state index is 10.6. The Morgan fingerprint density at radius 1 is 1.39 bits per heavy atom. The SMILES string of the molecule is NC(=O)CCCCNc1nc(N)nc2[nH]ncc12. The van der Waals surface area contributed by atoms with Crippen molar-refractivity contribution in [1.82, 2.24) is 20.2 Å². The molecule has 6 N–H and O–H groups in total. The van der Waals surface area contributed by atoms with Crippen LogP contribution in [0.5, 0.6) is 0 Å². The molecule has 8 heteroatoms. The van der Waals surface area contributed by atoms with Crippen LogP contribution >= 0.6 is 0 Å². The molecule has 0 aliphatic rings. The smallest absolute Gasteiger partial charge is 0.224 e. The third-order valence-electron chi connectivity index (χ3n) is 2.47. The summed E-state index contributed by atoms with van der Waals surface area (Å²) in [4.78, 5) is 18.7. The van der Waals surface area contributed by atoms with Gasteiger partial charge in [0.2, 0.25) is 11.9 Å². The van der Waals surface area contributed by atoms with Gasteiger partial charge in [-0.1, -0.05) is 0 Å². The summed E-state index contributed by atoms with van der Waals surface area (Å²) in [5.74, 6) is 0.551. The van der Waals surface area contributed by atoms with Crippen LogP contribution in [0.15, 0.2) is 6.20 Å². The van der Waals surface area contributed by atoms with Gasteiger partial charge in [-0.3, -0.25) is 9.89 Å². The normalized spacial score (nSPS) is 10.7. The van der Waals surface area contributed by atoms with Crippen LogP contribution in [0.4, 0.5) is 11.8 Å². The van der Waals surface area contributed by atoms with Crippen LogP contribution in [-0.4, -0.2) is 32.6 Å². The van der Waals surface area contributed by atoms with Crippen LogP contribution in [-0.2, 0) is 4.79 Å². The van der Waals surface area contributed by atoms with Gasteiger partial charge in [0.05, 0.1) is 11.6 Å². The number of amides is 1. The van der Waals surface area contributed by atoms with Crippen molar-refractivity contribution in [2.45, 2.75) is 19.3 Å². The fourth-order valence-corrected chi connectivity index (χ4v) is 1.62. The van der Waals surface area contributed by atoms with E-state index < -0.39 is 0 Å². The number of nitrogen functional groups attached to an aromatic ring is 1. The van der Waals surface area contributed by atoms with Crippen LogP contribution < -0.4 is 16.8 Å². The molecule has 0 fully saturated rings. The van der Waals surface area contributed by atoms with Gasteiger partial charge in [-0.2, -0.15) is 15.1 Å². The van der Waals surface area contributed by atoms with Crippen LogP contribution in [0, 0.1) is 0 Å². The Hall–Kier alpha value is -2.38. The maximum Gasteiger partial charge on any atom is 0.224 e. The largest absolute Gasteiger partial charge is 0.370 e. The first-order valence-corrected chi connectivity index (χ1v) is 5.65. The lowest BCUT2D eigenvalue weighted by Gasteiger charge is -2.06. The average molecular weight is 249 g/mol. The molecule has 2 heterocycles. The van der Waals surface area contributed by atoms with E-state index in [1.54, 1.807) is 6.20 Å². The number of unbranched alkanes of at least 4 members (excludes halogenated alkanes) is 1. The number of aromatic amines is 1. The number of carbonyl (C=O) groups excluding carboxylic acids is 1. The van der Waals surface area contributed by atoms with Crippen molar-refractivity contribution in [3.8, 4) is 0 Å². The second-order valence-corrected chi connectivity index (χ2v) is 3.91. The van der Waals surface area contributed by atoms with Crippen LogP contribution in [0.3, 0.4) is 0 Å². The highest BCUT2D eigenvalue weighted by atomic mass is 16.1. The van der Waals surface area contributed by atoms with Gasteiger partial charge in [-0.15, -0.1) is 0 Å². The Morgan fingerprint density at radius 3 is 3.00 bits per heavy atom. The molecule has 0 aliphatic heterocycles. The van der Waals surface area contributed by atoms with E-state index >= 15 is 0 Å². The average Bonchev–Trinajstić information content (AvgIpc) is 2.75. The number of rotatable bonds is 6. The molecule has 0 saturated carbocycles. The molecule has 0 bridgehead atoms. The van der Waals surface area contributed by atoms with Gasteiger partial charge in [-0.25, -0.2) is 0 Å². The molecular weight excluding hydrogens is 234 g/mol. The molecular formula is C10H15N7O. The summed E-state index contributed by atoms with van der Waals surface area (Å²) in [7, 11) is 0. The topological polar surface area (TPSA) is 136 Å². The molecule has 2 aromatic rings. The standard InChI is InChI=1S/C10H15N7O/c11-7(18)3-1-2-4-13-8-6-5-14-17-9(6)16-10(12)15-8/h5H,1-4H2,(H2,11,18)(H4,12,13,14,15,16,17). The van der Waals surface area contributed by atoms with E-state index in [0.29, 0.717) is 24.4 Å². The summed E-state index contributed by atoms with van der Waals surface area (Å²) < 4.78 is 0. The number of primary amides is 1. The summed E-state index contributed by atoms with van der Waals surface area (Å²) in [5, 5.41) is 10.6. The van der Waals surface area contributed by atoms with Crippen molar-refractivity contribution in [3.05, 3.63) is 6.20 Å². The summed E-state index contributed by atoms with van der Waals surface area (Å²) in [6.45, 7) is 0.685. The molecule has 2 aromatic heterocycles. The van der Waals surface area contributed by atoms with E-state index in [1.165, 1.54) is 0 Å². The van der Waals surface area contributed by atoms with Crippen molar-refractivity contribution in [3.63, 3.8) is 0 Å². The molecule has 0 spiro atoms. The minimum Gasteiger partial charge on any atom is -0.370 e. The first kappa shape index (κ1) is 12.1. The molecule has 0 atom stereocenters. The number of nitrogens with one attached hydrogen (secondary N) is 2. The number of aromatic nitrogens is 4. The number of hydrogen-bond donors (Lipinski definition) is 4. The first-order valence-electron chi connectivity index (χ1n) is 5.65. The van der Waals surface area contributed by atoms with E-state index in [1.807, 2.05) is 0 Å². The zero-order valence-electron chi connectivity index (χ0n) is 9.81. The number of fused-ring (bicyclic) bond motifs is 1. The van der Waals surface area contributed by atoms with E-state index in [9.17, 15) is 4.79 Å². The van der Waals surface area contributed by atoms with Crippen LogP contribution in [0.25, 0.3) is 11.0 Å². The van der Waals surface area contributed by atoms with Crippen molar-refractivity contribution in [1.29, 1.82) is 0 Å². The molecule has 1 amide bonds. The lowest BCUT2D eigenvalue weighted by atomic mass is 10.2. The second-order valence-electron chi connectivity index (χ2n) is 3.91. The highest BCUT2D eigenvalue weighted by molar-refractivity contribution is 5.86. The molecule has 0 saturated heterocycles. The number of nitrogens with zero attached hydrogens (tertiary/aromatic N) is 3. The Bertz CT molecular complexity index is 550. The molecule has 8 nitrogen and oxygen atoms in total. The summed E-state index contributed by atoms with van der Waals surface area (Å²) in [6, 6.07) is 0. The fraction of sp³-hybridized carbons (Fsp3) is 0.400. The highest BCUT2D eigenvalue weighted by Gasteiger charge is 2.07. The van der Waals surface area contributed by atoms with Gasteiger partial charge < -0.3 is 16.8 Å². The van der Waals surface area contributed by atoms with Crippen molar-refractivity contribution < 1.29 is 4.79 Å². The highest BCUT2D eigenvalue weighted by Crippen LogP contribution is 2.18. The molecule has 18 heavy (non-hydrogen) atoms. The predicted octanol–water partition coefficient (Wildman–Crippen LogP) is 0.00260. The van der Waals surface area contributed by atoms with Gasteiger partial charge in [0.25, 0.3) is 0 Å². The summed E-state index contributed by atoms with van der Waals surface area (Å²) in [6.07, 6.45) is 3.61. The third-order valence-corrected chi connectivity index (χ3v) is 2.47. The van der Waals surface area contributed by atoms with Crippen LogP contribution in [0.2, 0.25) is 0 Å². The van der Waals surface area contributed by atoms with Gasteiger partial charge in [0, 0.05) is 13.0 Å². The number of hydrogen-bond acceptors (Lipinski definition) is 6. The Labute approximate surface area is 103 Å². The zero-order valence-corrected chi connectivity index (χ0v) is 9.81. The van der Waals surface area contributed by atoms with E-state index in [2.05, 4.69) is 25.5 Å². The number of H-pyrrole nitrogens is 1. The van der Waals surface area contributed by atoms with E-state index in [0.717, 1.165) is 18.2 Å². The number of carbonyl (C=O) groups is 1. The summed E-state index contributed by atoms with van der Waals surface area (Å²) in [5.41, 5.74) is 11.2. The maximum atomic E-state index is 10.6. The van der Waals surface area contributed by atoms with Crippen molar-refractivity contribution >= 4 is 28.7 Å². The quantitative estimate of drug-likeness (QED) is 0.532. The van der Waals surface area contributed by atoms with E-state index in [4.69, 9.17) is 11.5 Å². The minimum absolute atomic E-state index is 0.186. The van der Waals surface area contributed by atoms with Crippen molar-refractivity contribution in [2.24, 2.45) is 5.73 Å². The number of nitrogens with two attached hydrogens (primary N) is 2.